The Morgan fingerprint density at radius 3 is 1.74 bits per heavy atom. The first-order valence-electron chi connectivity index (χ1n) is 11.0. The maximum absolute atomic E-state index is 9.92. The summed E-state index contributed by atoms with van der Waals surface area (Å²) in [6, 6.07) is 32.1. The third-order valence-corrected chi connectivity index (χ3v) is 13.3. The van der Waals surface area contributed by atoms with Gasteiger partial charge in [-0.15, -0.1) is 0 Å². The third kappa shape index (κ3) is 5.97. The summed E-state index contributed by atoms with van der Waals surface area (Å²) in [5.41, 5.74) is 0. The Balaban J connectivity index is 1.76. The minimum absolute atomic E-state index is 0.0000622. The van der Waals surface area contributed by atoms with Gasteiger partial charge in [0.1, 0.15) is 0 Å². The van der Waals surface area contributed by atoms with Crippen LogP contribution in [-0.4, -0.2) is 41.6 Å². The molecule has 0 aromatic heterocycles. The van der Waals surface area contributed by atoms with E-state index in [0.29, 0.717) is 11.4 Å². The van der Waals surface area contributed by atoms with Gasteiger partial charge in [-0.25, -0.2) is 0 Å². The first-order valence-corrected chi connectivity index (χ1v) is 14.8. The standard InChI is InChI=1S/C27H34O2SeSi/c1-27(2,3)31(25-17-9-5-10-18-25,26-19-11-6-12-20-26)29-21-13-16-24(22-28)30-23-14-7-4-8-15-23/h4-12,14-15,17-20,24,28H,13,16,21-22H2,1-3H3. The molecule has 0 fully saturated rings. The van der Waals surface area contributed by atoms with E-state index in [1.807, 2.05) is 6.07 Å². The molecule has 3 aromatic rings. The zero-order valence-electron chi connectivity index (χ0n) is 18.8. The molecule has 0 heterocycles. The molecule has 164 valence electrons. The van der Waals surface area contributed by atoms with Crippen molar-refractivity contribution in [1.82, 2.24) is 0 Å². The number of aliphatic hydroxyl groups is 1. The fourth-order valence-electron chi connectivity index (χ4n) is 4.18. The Labute approximate surface area is 195 Å². The van der Waals surface area contributed by atoms with Crippen LogP contribution in [0.2, 0.25) is 9.85 Å². The van der Waals surface area contributed by atoms with Gasteiger partial charge in [0, 0.05) is 0 Å². The molecular weight excluding hydrogens is 463 g/mol. The van der Waals surface area contributed by atoms with Crippen molar-refractivity contribution in [2.75, 3.05) is 13.2 Å². The predicted octanol–water partition coefficient (Wildman–Crippen LogP) is 4.15. The van der Waals surface area contributed by atoms with Crippen LogP contribution in [0.25, 0.3) is 0 Å². The summed E-state index contributed by atoms with van der Waals surface area (Å²) in [5, 5.41) is 12.6. The molecule has 31 heavy (non-hydrogen) atoms. The number of hydrogen-bond donors (Lipinski definition) is 1. The van der Waals surface area contributed by atoms with Crippen molar-refractivity contribution in [2.45, 2.75) is 43.5 Å². The van der Waals surface area contributed by atoms with Crippen LogP contribution in [-0.2, 0) is 4.43 Å². The van der Waals surface area contributed by atoms with Gasteiger partial charge >= 0.3 is 195 Å². The van der Waals surface area contributed by atoms with E-state index in [1.54, 1.807) is 0 Å². The molecule has 0 radical (unpaired) electrons. The van der Waals surface area contributed by atoms with Crippen molar-refractivity contribution < 1.29 is 9.53 Å². The van der Waals surface area contributed by atoms with Gasteiger partial charge < -0.3 is 0 Å². The average molecular weight is 498 g/mol. The SMILES string of the molecule is CC(C)(C)[Si](OCCCC(CO)[Se]c1ccccc1)(c1ccccc1)c1ccccc1. The summed E-state index contributed by atoms with van der Waals surface area (Å²) in [6.45, 7) is 7.90. The normalized spacial score (nSPS) is 13.2. The second-order valence-corrected chi connectivity index (χ2v) is 16.1. The van der Waals surface area contributed by atoms with Gasteiger partial charge in [-0.05, 0) is 0 Å². The summed E-state index contributed by atoms with van der Waals surface area (Å²) in [6.07, 6.45) is 1.95. The van der Waals surface area contributed by atoms with Crippen molar-refractivity contribution in [3.8, 4) is 0 Å². The van der Waals surface area contributed by atoms with Crippen LogP contribution in [0.3, 0.4) is 0 Å². The Hall–Kier alpha value is -1.68. The fraction of sp³-hybridized carbons (Fsp3) is 0.333. The molecule has 0 spiro atoms. The minimum atomic E-state index is -2.46. The second kappa shape index (κ2) is 11.3. The van der Waals surface area contributed by atoms with Gasteiger partial charge in [0.25, 0.3) is 0 Å². The molecule has 3 aromatic carbocycles. The quantitative estimate of drug-likeness (QED) is 0.337. The summed E-state index contributed by atoms with van der Waals surface area (Å²) >= 11 is 0.285. The fourth-order valence-corrected chi connectivity index (χ4v) is 11.0. The van der Waals surface area contributed by atoms with Gasteiger partial charge in [-0.3, -0.25) is 0 Å². The molecule has 4 heteroatoms. The molecule has 0 aliphatic heterocycles. The van der Waals surface area contributed by atoms with Crippen molar-refractivity contribution in [1.29, 1.82) is 0 Å². The number of benzene rings is 3. The average Bonchev–Trinajstić information content (AvgIpc) is 2.79. The predicted molar refractivity (Wildman–Crippen MR) is 135 cm³/mol. The summed E-state index contributed by atoms with van der Waals surface area (Å²) in [5.74, 6) is 0. The molecular formula is C27H34O2SeSi. The molecule has 0 saturated carbocycles. The molecule has 1 unspecified atom stereocenters. The molecule has 1 N–H and O–H groups in total. The Bertz CT molecular complexity index is 855. The Morgan fingerprint density at radius 2 is 1.29 bits per heavy atom. The maximum atomic E-state index is 9.92. The van der Waals surface area contributed by atoms with E-state index in [0.717, 1.165) is 12.8 Å². The molecule has 0 aliphatic carbocycles. The van der Waals surface area contributed by atoms with E-state index in [9.17, 15) is 5.11 Å². The van der Waals surface area contributed by atoms with Gasteiger partial charge in [0.2, 0.25) is 0 Å². The van der Waals surface area contributed by atoms with Crippen LogP contribution in [0.5, 0.6) is 0 Å². The van der Waals surface area contributed by atoms with Crippen LogP contribution >= 0.6 is 0 Å². The van der Waals surface area contributed by atoms with Crippen LogP contribution in [0.4, 0.5) is 0 Å². The van der Waals surface area contributed by atoms with Gasteiger partial charge in [0.15, 0.2) is 0 Å². The molecule has 2 nitrogen and oxygen atoms in total. The van der Waals surface area contributed by atoms with Gasteiger partial charge in [-0.1, -0.05) is 0 Å². The van der Waals surface area contributed by atoms with Crippen molar-refractivity contribution in [2.24, 2.45) is 0 Å². The first kappa shape index (κ1) is 24.0. The van der Waals surface area contributed by atoms with Crippen LogP contribution in [0.15, 0.2) is 91.0 Å². The van der Waals surface area contributed by atoms with E-state index >= 15 is 0 Å². The molecule has 0 amide bonds. The van der Waals surface area contributed by atoms with E-state index < -0.39 is 8.32 Å². The molecule has 3 rings (SSSR count). The monoisotopic (exact) mass is 498 g/mol. The van der Waals surface area contributed by atoms with E-state index in [2.05, 4.69) is 106 Å². The topological polar surface area (TPSA) is 29.5 Å². The van der Waals surface area contributed by atoms with Crippen molar-refractivity contribution in [3.63, 3.8) is 0 Å². The van der Waals surface area contributed by atoms with Crippen LogP contribution in [0.1, 0.15) is 33.6 Å². The summed E-state index contributed by atoms with van der Waals surface area (Å²) in [7, 11) is -2.46. The Morgan fingerprint density at radius 1 is 0.806 bits per heavy atom. The number of rotatable bonds is 10. The van der Waals surface area contributed by atoms with E-state index in [4.69, 9.17) is 4.43 Å². The summed E-state index contributed by atoms with van der Waals surface area (Å²) in [4.78, 5) is 0.331. The molecule has 0 bridgehead atoms. The molecule has 1 atom stereocenters. The third-order valence-electron chi connectivity index (χ3n) is 5.66. The zero-order chi connectivity index (χ0) is 22.2. The first-order chi connectivity index (χ1) is 15.0. The Kier molecular flexibility index (Phi) is 8.71. The second-order valence-electron chi connectivity index (χ2n) is 8.89. The van der Waals surface area contributed by atoms with Crippen LogP contribution in [0, 0.1) is 0 Å². The van der Waals surface area contributed by atoms with Crippen LogP contribution < -0.4 is 14.8 Å². The van der Waals surface area contributed by atoms with E-state index in [-0.39, 0.29) is 26.6 Å². The molecule has 0 aliphatic rings. The molecule has 0 saturated heterocycles. The number of hydrogen-bond acceptors (Lipinski definition) is 2. The van der Waals surface area contributed by atoms with Gasteiger partial charge in [-0.2, -0.15) is 0 Å². The van der Waals surface area contributed by atoms with Gasteiger partial charge in [0.05, 0.1) is 0 Å². The summed E-state index contributed by atoms with van der Waals surface area (Å²) < 4.78 is 8.32. The van der Waals surface area contributed by atoms with E-state index in [1.165, 1.54) is 14.8 Å². The van der Waals surface area contributed by atoms with Crippen molar-refractivity contribution in [3.05, 3.63) is 91.0 Å². The zero-order valence-corrected chi connectivity index (χ0v) is 21.5. The number of aliphatic hydroxyl groups excluding tert-OH is 1. The van der Waals surface area contributed by atoms with Crippen molar-refractivity contribution >= 4 is 38.1 Å².